The van der Waals surface area contributed by atoms with Gasteiger partial charge in [-0.25, -0.2) is 0 Å². The first-order chi connectivity index (χ1) is 14.4. The van der Waals surface area contributed by atoms with Crippen LogP contribution in [0.5, 0.6) is 0 Å². The third-order valence-electron chi connectivity index (χ3n) is 6.76. The SMILES string of the molecule is CCCCCCCCCCCCCCCCCCCCOC1CC1COC1CC1. The van der Waals surface area contributed by atoms with Crippen molar-refractivity contribution in [2.75, 3.05) is 13.2 Å². The van der Waals surface area contributed by atoms with Gasteiger partial charge in [-0.3, -0.25) is 0 Å². The highest BCUT2D eigenvalue weighted by atomic mass is 16.5. The zero-order valence-corrected chi connectivity index (χ0v) is 19.8. The van der Waals surface area contributed by atoms with Crippen molar-refractivity contribution in [1.29, 1.82) is 0 Å². The van der Waals surface area contributed by atoms with Gasteiger partial charge < -0.3 is 9.47 Å². The molecule has 2 rings (SSSR count). The normalized spacial score (nSPS) is 21.0. The number of hydrogen-bond donors (Lipinski definition) is 0. The van der Waals surface area contributed by atoms with Crippen LogP contribution in [0.2, 0.25) is 0 Å². The molecule has 2 heteroatoms. The first-order valence-corrected chi connectivity index (χ1v) is 13.6. The van der Waals surface area contributed by atoms with Gasteiger partial charge in [0.2, 0.25) is 0 Å². The average Bonchev–Trinajstić information content (AvgIpc) is 3.64. The van der Waals surface area contributed by atoms with Crippen LogP contribution in [0.3, 0.4) is 0 Å². The van der Waals surface area contributed by atoms with Crippen molar-refractivity contribution in [2.24, 2.45) is 5.92 Å². The largest absolute Gasteiger partial charge is 0.378 e. The second-order valence-electron chi connectivity index (χ2n) is 9.95. The van der Waals surface area contributed by atoms with Crippen LogP contribution in [-0.2, 0) is 9.47 Å². The van der Waals surface area contributed by atoms with Crippen LogP contribution < -0.4 is 0 Å². The fraction of sp³-hybridized carbons (Fsp3) is 1.00. The third kappa shape index (κ3) is 15.4. The van der Waals surface area contributed by atoms with E-state index in [1.54, 1.807) is 0 Å². The van der Waals surface area contributed by atoms with Crippen molar-refractivity contribution in [3.8, 4) is 0 Å². The Kier molecular flexibility index (Phi) is 15.3. The first-order valence-electron chi connectivity index (χ1n) is 13.6. The monoisotopic (exact) mass is 408 g/mol. The van der Waals surface area contributed by atoms with E-state index in [-0.39, 0.29) is 0 Å². The summed E-state index contributed by atoms with van der Waals surface area (Å²) in [4.78, 5) is 0. The number of rotatable bonds is 23. The molecule has 2 nitrogen and oxygen atoms in total. The molecule has 2 fully saturated rings. The molecule has 0 N–H and O–H groups in total. The zero-order valence-electron chi connectivity index (χ0n) is 19.8. The second-order valence-corrected chi connectivity index (χ2v) is 9.95. The van der Waals surface area contributed by atoms with Crippen molar-refractivity contribution in [1.82, 2.24) is 0 Å². The van der Waals surface area contributed by atoms with Gasteiger partial charge in [0.25, 0.3) is 0 Å². The van der Waals surface area contributed by atoms with E-state index in [0.717, 1.165) is 13.2 Å². The Morgan fingerprint density at radius 2 is 1.00 bits per heavy atom. The average molecular weight is 409 g/mol. The lowest BCUT2D eigenvalue weighted by atomic mass is 10.0. The highest BCUT2D eigenvalue weighted by Gasteiger charge is 2.39. The minimum Gasteiger partial charge on any atom is -0.378 e. The lowest BCUT2D eigenvalue weighted by Crippen LogP contribution is -2.05. The van der Waals surface area contributed by atoms with Gasteiger partial charge >= 0.3 is 0 Å². The summed E-state index contributed by atoms with van der Waals surface area (Å²) < 4.78 is 11.7. The minimum absolute atomic E-state index is 0.527. The van der Waals surface area contributed by atoms with Crippen molar-refractivity contribution >= 4 is 0 Å². The Balaban J connectivity index is 1.17. The molecular formula is C27H52O2. The van der Waals surface area contributed by atoms with E-state index in [1.807, 2.05) is 0 Å². The van der Waals surface area contributed by atoms with E-state index in [1.165, 1.54) is 135 Å². The molecule has 0 heterocycles. The van der Waals surface area contributed by atoms with E-state index in [0.29, 0.717) is 18.1 Å². The maximum absolute atomic E-state index is 5.97. The molecule has 0 amide bonds. The summed E-state index contributed by atoms with van der Waals surface area (Å²) in [6, 6.07) is 0. The lowest BCUT2D eigenvalue weighted by molar-refractivity contribution is 0.0667. The molecule has 2 aliphatic carbocycles. The van der Waals surface area contributed by atoms with Crippen LogP contribution in [-0.4, -0.2) is 25.4 Å². The van der Waals surface area contributed by atoms with Crippen LogP contribution in [0.15, 0.2) is 0 Å². The molecule has 2 atom stereocenters. The zero-order chi connectivity index (χ0) is 20.4. The Bertz CT molecular complexity index is 352. The molecule has 29 heavy (non-hydrogen) atoms. The number of ether oxygens (including phenoxy) is 2. The Morgan fingerprint density at radius 1 is 0.552 bits per heavy atom. The summed E-state index contributed by atoms with van der Waals surface area (Å²) in [5.41, 5.74) is 0. The van der Waals surface area contributed by atoms with Crippen molar-refractivity contribution in [2.45, 2.75) is 154 Å². The van der Waals surface area contributed by atoms with E-state index < -0.39 is 0 Å². The van der Waals surface area contributed by atoms with Gasteiger partial charge in [-0.05, 0) is 25.7 Å². The Hall–Kier alpha value is -0.0800. The topological polar surface area (TPSA) is 18.5 Å². The minimum atomic E-state index is 0.527. The molecular weight excluding hydrogens is 356 g/mol. The standard InChI is InChI=1S/C27H52O2/c1-2-3-4-5-6-7-8-9-10-11-12-13-14-15-16-17-18-19-22-28-27-23-25(27)24-29-26-20-21-26/h25-27H,2-24H2,1H3. The van der Waals surface area contributed by atoms with Gasteiger partial charge in [-0.15, -0.1) is 0 Å². The third-order valence-corrected chi connectivity index (χ3v) is 6.76. The van der Waals surface area contributed by atoms with E-state index >= 15 is 0 Å². The van der Waals surface area contributed by atoms with Gasteiger partial charge in [0.05, 0.1) is 18.8 Å². The summed E-state index contributed by atoms with van der Waals surface area (Å²) >= 11 is 0. The predicted octanol–water partition coefficient (Wildman–Crippen LogP) is 8.61. The molecule has 0 aromatic carbocycles. The summed E-state index contributed by atoms with van der Waals surface area (Å²) in [6.07, 6.45) is 30.8. The molecule has 2 unspecified atom stereocenters. The summed E-state index contributed by atoms with van der Waals surface area (Å²) in [5, 5.41) is 0. The highest BCUT2D eigenvalue weighted by Crippen LogP contribution is 2.36. The van der Waals surface area contributed by atoms with Crippen LogP contribution in [0, 0.1) is 5.92 Å². The van der Waals surface area contributed by atoms with E-state index in [9.17, 15) is 0 Å². The maximum Gasteiger partial charge on any atom is 0.0630 e. The lowest BCUT2D eigenvalue weighted by Gasteiger charge is -2.05. The maximum atomic E-state index is 5.97. The predicted molar refractivity (Wildman–Crippen MR) is 126 cm³/mol. The van der Waals surface area contributed by atoms with Gasteiger partial charge in [-0.2, -0.15) is 0 Å². The van der Waals surface area contributed by atoms with Crippen molar-refractivity contribution in [3.05, 3.63) is 0 Å². The van der Waals surface area contributed by atoms with Crippen LogP contribution >= 0.6 is 0 Å². The smallest absolute Gasteiger partial charge is 0.0630 e. The van der Waals surface area contributed by atoms with Crippen molar-refractivity contribution in [3.63, 3.8) is 0 Å². The molecule has 0 aromatic heterocycles. The van der Waals surface area contributed by atoms with E-state index in [2.05, 4.69) is 6.92 Å². The molecule has 0 saturated heterocycles. The summed E-state index contributed by atoms with van der Waals surface area (Å²) in [5.74, 6) is 0.714. The quantitative estimate of drug-likeness (QED) is 0.157. The Labute approximate surface area is 182 Å². The fourth-order valence-electron chi connectivity index (χ4n) is 4.33. The number of hydrogen-bond acceptors (Lipinski definition) is 2. The van der Waals surface area contributed by atoms with Gasteiger partial charge in [0.1, 0.15) is 0 Å². The van der Waals surface area contributed by atoms with Crippen LogP contribution in [0.25, 0.3) is 0 Å². The van der Waals surface area contributed by atoms with Gasteiger partial charge in [0, 0.05) is 12.5 Å². The first kappa shape index (κ1) is 25.2. The van der Waals surface area contributed by atoms with Crippen molar-refractivity contribution < 1.29 is 9.47 Å². The molecule has 0 aromatic rings. The highest BCUT2D eigenvalue weighted by molar-refractivity contribution is 4.88. The molecule has 0 aliphatic heterocycles. The van der Waals surface area contributed by atoms with Crippen LogP contribution in [0.4, 0.5) is 0 Å². The molecule has 0 spiro atoms. The molecule has 172 valence electrons. The van der Waals surface area contributed by atoms with Gasteiger partial charge in [0.15, 0.2) is 0 Å². The molecule has 2 aliphatic rings. The molecule has 0 radical (unpaired) electrons. The molecule has 0 bridgehead atoms. The van der Waals surface area contributed by atoms with Gasteiger partial charge in [-0.1, -0.05) is 116 Å². The summed E-state index contributed by atoms with van der Waals surface area (Å²) in [7, 11) is 0. The number of unbranched alkanes of at least 4 members (excludes halogenated alkanes) is 17. The Morgan fingerprint density at radius 3 is 1.45 bits per heavy atom. The van der Waals surface area contributed by atoms with E-state index in [4.69, 9.17) is 9.47 Å². The molecule has 2 saturated carbocycles. The second kappa shape index (κ2) is 17.6. The summed E-state index contributed by atoms with van der Waals surface area (Å²) in [6.45, 7) is 4.23. The van der Waals surface area contributed by atoms with Crippen LogP contribution in [0.1, 0.15) is 142 Å². The fourth-order valence-corrected chi connectivity index (χ4v) is 4.33.